The lowest BCUT2D eigenvalue weighted by molar-refractivity contribution is -0.124. The number of aromatic nitrogens is 2. The van der Waals surface area contributed by atoms with E-state index in [1.807, 2.05) is 31.2 Å². The number of aryl methyl sites for hydroxylation is 1. The van der Waals surface area contributed by atoms with E-state index in [2.05, 4.69) is 15.5 Å². The third-order valence-corrected chi connectivity index (χ3v) is 5.75. The molecule has 3 rings (SSSR count). The summed E-state index contributed by atoms with van der Waals surface area (Å²) < 4.78 is 6.14. The Morgan fingerprint density at radius 3 is 3.04 bits per heavy atom. The van der Waals surface area contributed by atoms with Gasteiger partial charge < -0.3 is 9.73 Å². The maximum absolute atomic E-state index is 11.9. The number of nitrogens with one attached hydrogen (secondary N) is 1. The molecule has 7 nitrogen and oxygen atoms in total. The first kappa shape index (κ1) is 18.9. The lowest BCUT2D eigenvalue weighted by Gasteiger charge is -2.14. The molecule has 2 heterocycles. The number of thioether (sulfide) groups is 2. The summed E-state index contributed by atoms with van der Waals surface area (Å²) in [6.07, 6.45) is 0. The maximum Gasteiger partial charge on any atom is 0.277 e. The van der Waals surface area contributed by atoms with Crippen molar-refractivity contribution in [3.63, 3.8) is 0 Å². The number of carbonyl (C=O) groups excluding carboxylic acids is 2. The van der Waals surface area contributed by atoms with Crippen LogP contribution in [-0.4, -0.2) is 55.8 Å². The van der Waals surface area contributed by atoms with Gasteiger partial charge in [0.25, 0.3) is 5.22 Å². The predicted molar refractivity (Wildman–Crippen MR) is 105 cm³/mol. The van der Waals surface area contributed by atoms with Crippen LogP contribution in [0.1, 0.15) is 5.56 Å². The van der Waals surface area contributed by atoms with Crippen molar-refractivity contribution in [2.24, 2.45) is 0 Å². The first-order valence-corrected chi connectivity index (χ1v) is 10.2. The van der Waals surface area contributed by atoms with E-state index >= 15 is 0 Å². The number of hydrogen-bond acceptors (Lipinski definition) is 8. The second kappa shape index (κ2) is 8.65. The molecule has 0 unspecified atom stereocenters. The minimum atomic E-state index is -0.171. The fraction of sp³-hybridized carbons (Fsp3) is 0.312. The Labute approximate surface area is 164 Å². The van der Waals surface area contributed by atoms with Crippen molar-refractivity contribution in [2.75, 3.05) is 24.6 Å². The lowest BCUT2D eigenvalue weighted by Crippen LogP contribution is -2.37. The number of nitrogens with zero attached hydrogens (tertiary/aromatic N) is 3. The van der Waals surface area contributed by atoms with Crippen molar-refractivity contribution in [2.45, 2.75) is 12.1 Å². The third kappa shape index (κ3) is 4.83. The summed E-state index contributed by atoms with van der Waals surface area (Å²) in [5.74, 6) is 0.773. The summed E-state index contributed by atoms with van der Waals surface area (Å²) in [6, 6.07) is 7.76. The van der Waals surface area contributed by atoms with Gasteiger partial charge in [0.05, 0.1) is 11.5 Å². The smallest absolute Gasteiger partial charge is 0.277 e. The van der Waals surface area contributed by atoms with E-state index in [4.69, 9.17) is 16.6 Å². The van der Waals surface area contributed by atoms with Crippen LogP contribution >= 0.6 is 35.7 Å². The van der Waals surface area contributed by atoms with Crippen molar-refractivity contribution >= 4 is 51.9 Å². The van der Waals surface area contributed by atoms with Crippen LogP contribution in [0, 0.1) is 6.92 Å². The van der Waals surface area contributed by atoms with Gasteiger partial charge in [-0.05, 0) is 19.1 Å². The van der Waals surface area contributed by atoms with Crippen LogP contribution in [0.2, 0.25) is 0 Å². The molecule has 1 aliphatic heterocycles. The van der Waals surface area contributed by atoms with Gasteiger partial charge in [-0.25, -0.2) is 0 Å². The van der Waals surface area contributed by atoms with E-state index in [-0.39, 0.29) is 17.6 Å². The number of thiocarbonyl (C=S) groups is 1. The molecule has 0 spiro atoms. The largest absolute Gasteiger partial charge is 0.411 e. The molecule has 10 heteroatoms. The Bertz CT molecular complexity index is 824. The third-order valence-electron chi connectivity index (χ3n) is 3.50. The highest BCUT2D eigenvalue weighted by molar-refractivity contribution is 8.23. The first-order chi connectivity index (χ1) is 12.5. The van der Waals surface area contributed by atoms with E-state index in [0.717, 1.165) is 11.1 Å². The molecular formula is C16H16N4O3S3. The average molecular weight is 409 g/mol. The van der Waals surface area contributed by atoms with Crippen LogP contribution in [0.4, 0.5) is 0 Å². The molecule has 0 saturated carbocycles. The van der Waals surface area contributed by atoms with Gasteiger partial charge in [-0.1, -0.05) is 53.4 Å². The molecule has 0 radical (unpaired) electrons. The fourth-order valence-electron chi connectivity index (χ4n) is 2.25. The van der Waals surface area contributed by atoms with Gasteiger partial charge in [0.2, 0.25) is 17.7 Å². The minimum absolute atomic E-state index is 0.0156. The van der Waals surface area contributed by atoms with Crippen LogP contribution in [0.5, 0.6) is 0 Å². The number of hydrogen-bond donors (Lipinski definition) is 1. The molecule has 1 N–H and O–H groups in total. The van der Waals surface area contributed by atoms with Gasteiger partial charge >= 0.3 is 0 Å². The van der Waals surface area contributed by atoms with Crippen LogP contribution in [0.3, 0.4) is 0 Å². The summed E-state index contributed by atoms with van der Waals surface area (Å²) in [7, 11) is 0. The Kier molecular flexibility index (Phi) is 6.28. The quantitative estimate of drug-likeness (QED) is 0.551. The second-order valence-corrected chi connectivity index (χ2v) is 8.02. The first-order valence-electron chi connectivity index (χ1n) is 7.80. The number of rotatable bonds is 7. The molecule has 2 amide bonds. The summed E-state index contributed by atoms with van der Waals surface area (Å²) in [5.41, 5.74) is 1.95. The number of carbonyl (C=O) groups is 2. The van der Waals surface area contributed by atoms with E-state index in [9.17, 15) is 9.59 Å². The van der Waals surface area contributed by atoms with E-state index < -0.39 is 0 Å². The molecule has 1 saturated heterocycles. The van der Waals surface area contributed by atoms with E-state index in [1.165, 1.54) is 28.4 Å². The van der Waals surface area contributed by atoms with E-state index in [0.29, 0.717) is 34.3 Å². The standard InChI is InChI=1S/C16H16N4O3S3/c1-10-3-2-4-11(7-10)14-18-19-15(23-14)25-8-12(21)17-5-6-20-13(22)9-26-16(20)24/h2-4,7H,5-6,8-9H2,1H3,(H,17,21). The molecule has 26 heavy (non-hydrogen) atoms. The van der Waals surface area contributed by atoms with Crippen molar-refractivity contribution < 1.29 is 14.0 Å². The highest BCUT2D eigenvalue weighted by atomic mass is 32.2. The van der Waals surface area contributed by atoms with Crippen molar-refractivity contribution in [3.8, 4) is 11.5 Å². The highest BCUT2D eigenvalue weighted by Crippen LogP contribution is 2.23. The zero-order chi connectivity index (χ0) is 18.5. The topological polar surface area (TPSA) is 88.3 Å². The maximum atomic E-state index is 11.9. The summed E-state index contributed by atoms with van der Waals surface area (Å²) in [4.78, 5) is 25.0. The molecule has 2 aromatic rings. The Morgan fingerprint density at radius 1 is 1.46 bits per heavy atom. The van der Waals surface area contributed by atoms with Gasteiger partial charge in [0.1, 0.15) is 4.32 Å². The van der Waals surface area contributed by atoms with Gasteiger partial charge in [0.15, 0.2) is 0 Å². The molecule has 0 aliphatic carbocycles. The fourth-order valence-corrected chi connectivity index (χ4v) is 3.96. The van der Waals surface area contributed by atoms with Crippen LogP contribution < -0.4 is 5.32 Å². The van der Waals surface area contributed by atoms with Gasteiger partial charge in [-0.2, -0.15) is 0 Å². The van der Waals surface area contributed by atoms with E-state index in [1.54, 1.807) is 0 Å². The Balaban J connectivity index is 1.43. The van der Waals surface area contributed by atoms with Gasteiger partial charge in [0, 0.05) is 18.7 Å². The zero-order valence-electron chi connectivity index (χ0n) is 13.9. The molecule has 136 valence electrons. The van der Waals surface area contributed by atoms with Crippen LogP contribution in [0.15, 0.2) is 33.9 Å². The SMILES string of the molecule is Cc1cccc(-c2nnc(SCC(=O)NCCN3C(=O)CSC3=S)o2)c1. The minimum Gasteiger partial charge on any atom is -0.411 e. The van der Waals surface area contributed by atoms with Crippen LogP contribution in [0.25, 0.3) is 11.5 Å². The average Bonchev–Trinajstić information content (AvgIpc) is 3.22. The molecular weight excluding hydrogens is 392 g/mol. The number of benzene rings is 1. The van der Waals surface area contributed by atoms with Crippen molar-refractivity contribution in [3.05, 3.63) is 29.8 Å². The summed E-state index contributed by atoms with van der Waals surface area (Å²) >= 11 is 7.60. The van der Waals surface area contributed by atoms with Crippen molar-refractivity contribution in [1.82, 2.24) is 20.4 Å². The summed E-state index contributed by atoms with van der Waals surface area (Å²) in [6.45, 7) is 2.73. The van der Waals surface area contributed by atoms with Gasteiger partial charge in [-0.15, -0.1) is 10.2 Å². The second-order valence-electron chi connectivity index (χ2n) is 5.48. The highest BCUT2D eigenvalue weighted by Gasteiger charge is 2.25. The molecule has 0 bridgehead atoms. The normalized spacial score (nSPS) is 14.1. The predicted octanol–water partition coefficient (Wildman–Crippen LogP) is 2.11. The molecule has 1 aromatic heterocycles. The van der Waals surface area contributed by atoms with Gasteiger partial charge in [-0.3, -0.25) is 14.5 Å². The van der Waals surface area contributed by atoms with Crippen molar-refractivity contribution in [1.29, 1.82) is 0 Å². The Morgan fingerprint density at radius 2 is 2.31 bits per heavy atom. The molecule has 1 aromatic carbocycles. The molecule has 0 atom stereocenters. The zero-order valence-corrected chi connectivity index (χ0v) is 16.4. The number of amides is 2. The monoisotopic (exact) mass is 408 g/mol. The lowest BCUT2D eigenvalue weighted by atomic mass is 10.1. The Hall–Kier alpha value is -1.91. The van der Waals surface area contributed by atoms with Crippen LogP contribution in [-0.2, 0) is 9.59 Å². The summed E-state index contributed by atoms with van der Waals surface area (Å²) in [5, 5.41) is 11.0. The molecule has 1 aliphatic rings. The molecule has 1 fully saturated rings.